The molecule has 0 radical (unpaired) electrons. The summed E-state index contributed by atoms with van der Waals surface area (Å²) < 4.78 is 26.6. The maximum absolute atomic E-state index is 13.7. The number of tetrazole rings is 1. The molecular formula is C24H29FN6O2. The van der Waals surface area contributed by atoms with Gasteiger partial charge >= 0.3 is 0 Å². The molecule has 1 aromatic heterocycles. The van der Waals surface area contributed by atoms with Gasteiger partial charge in [0.2, 0.25) is 0 Å². The number of halogens is 1. The lowest BCUT2D eigenvalue weighted by Crippen LogP contribution is -2.48. The van der Waals surface area contributed by atoms with Gasteiger partial charge in [-0.1, -0.05) is 12.1 Å². The molecule has 2 unspecified atom stereocenters. The van der Waals surface area contributed by atoms with Crippen LogP contribution in [0.3, 0.4) is 0 Å². The number of methoxy groups -OCH3 is 1. The Morgan fingerprint density at radius 1 is 1.06 bits per heavy atom. The Bertz CT molecular complexity index is 1030. The summed E-state index contributed by atoms with van der Waals surface area (Å²) >= 11 is 0. The van der Waals surface area contributed by atoms with Crippen molar-refractivity contribution in [1.82, 2.24) is 25.1 Å². The van der Waals surface area contributed by atoms with Crippen LogP contribution in [0.25, 0.3) is 0 Å². The van der Waals surface area contributed by atoms with Gasteiger partial charge in [-0.25, -0.2) is 9.07 Å². The monoisotopic (exact) mass is 452 g/mol. The highest BCUT2D eigenvalue weighted by molar-refractivity contribution is 5.49. The second-order valence-electron chi connectivity index (χ2n) is 8.53. The molecule has 8 nitrogen and oxygen atoms in total. The molecule has 3 aromatic rings. The van der Waals surface area contributed by atoms with Crippen LogP contribution in [0.4, 0.5) is 10.1 Å². The number of anilines is 1. The van der Waals surface area contributed by atoms with Gasteiger partial charge in [0.25, 0.3) is 0 Å². The molecule has 174 valence electrons. The van der Waals surface area contributed by atoms with Crippen molar-refractivity contribution in [1.29, 1.82) is 0 Å². The zero-order chi connectivity index (χ0) is 22.6. The summed E-state index contributed by atoms with van der Waals surface area (Å²) in [5.74, 6) is 1.38. The molecule has 2 aromatic carbocycles. The minimum atomic E-state index is -0.249. The van der Waals surface area contributed by atoms with Crippen LogP contribution in [-0.4, -0.2) is 71.1 Å². The molecule has 2 aliphatic heterocycles. The van der Waals surface area contributed by atoms with Gasteiger partial charge in [-0.2, -0.15) is 0 Å². The van der Waals surface area contributed by atoms with Crippen molar-refractivity contribution in [2.45, 2.75) is 31.5 Å². The van der Waals surface area contributed by atoms with E-state index < -0.39 is 0 Å². The van der Waals surface area contributed by atoms with E-state index in [1.807, 2.05) is 28.9 Å². The zero-order valence-electron chi connectivity index (χ0n) is 18.8. The number of ether oxygens (including phenoxy) is 2. The third-order valence-corrected chi connectivity index (χ3v) is 6.51. The average Bonchev–Trinajstić information content (AvgIpc) is 3.54. The number of piperazine rings is 1. The van der Waals surface area contributed by atoms with Gasteiger partial charge in [0.05, 0.1) is 25.8 Å². The fourth-order valence-electron chi connectivity index (χ4n) is 4.72. The Morgan fingerprint density at radius 2 is 1.82 bits per heavy atom. The van der Waals surface area contributed by atoms with Crippen LogP contribution in [0.15, 0.2) is 48.5 Å². The summed E-state index contributed by atoms with van der Waals surface area (Å²) in [5.41, 5.74) is 2.16. The molecular weight excluding hydrogens is 423 g/mol. The van der Waals surface area contributed by atoms with E-state index in [9.17, 15) is 4.39 Å². The Balaban J connectivity index is 1.37. The lowest BCUT2D eigenvalue weighted by molar-refractivity contribution is 0.0906. The highest BCUT2D eigenvalue weighted by Gasteiger charge is 2.31. The van der Waals surface area contributed by atoms with Crippen LogP contribution >= 0.6 is 0 Å². The molecule has 33 heavy (non-hydrogen) atoms. The molecule has 0 saturated carbocycles. The van der Waals surface area contributed by atoms with Gasteiger partial charge in [-0.15, -0.1) is 5.10 Å². The van der Waals surface area contributed by atoms with Gasteiger partial charge in [0.1, 0.15) is 11.6 Å². The molecule has 0 bridgehead atoms. The predicted octanol–water partition coefficient (Wildman–Crippen LogP) is 2.91. The summed E-state index contributed by atoms with van der Waals surface area (Å²) in [6, 6.07) is 14.7. The predicted molar refractivity (Wildman–Crippen MR) is 122 cm³/mol. The first-order valence-corrected chi connectivity index (χ1v) is 11.5. The average molecular weight is 453 g/mol. The lowest BCUT2D eigenvalue weighted by atomic mass is 10.0. The van der Waals surface area contributed by atoms with E-state index in [1.165, 1.54) is 17.8 Å². The summed E-state index contributed by atoms with van der Waals surface area (Å²) in [6.45, 7) is 4.83. The number of rotatable bonds is 7. The fourth-order valence-corrected chi connectivity index (χ4v) is 4.72. The topological polar surface area (TPSA) is 68.5 Å². The first kappa shape index (κ1) is 21.8. The molecule has 3 heterocycles. The standard InChI is InChI=1S/C24H29FN6O2/c1-32-21-10-8-20(9-11-21)29-12-14-30(15-13-29)23(18-4-6-19(25)7-5-18)24-26-27-28-31(24)17-22-3-2-16-33-22/h4-11,22-23H,2-3,12-17H2,1H3. The molecule has 0 spiro atoms. The lowest BCUT2D eigenvalue weighted by Gasteiger charge is -2.40. The maximum Gasteiger partial charge on any atom is 0.173 e. The summed E-state index contributed by atoms with van der Waals surface area (Å²) in [7, 11) is 1.68. The van der Waals surface area contributed by atoms with Crippen LogP contribution in [0, 0.1) is 5.82 Å². The van der Waals surface area contributed by atoms with Gasteiger partial charge in [0, 0.05) is 38.5 Å². The summed E-state index contributed by atoms with van der Waals surface area (Å²) in [5, 5.41) is 12.7. The molecule has 2 aliphatic rings. The van der Waals surface area contributed by atoms with Gasteiger partial charge in [0.15, 0.2) is 5.82 Å². The summed E-state index contributed by atoms with van der Waals surface area (Å²) in [6.07, 6.45) is 2.21. The Hall–Kier alpha value is -3.04. The maximum atomic E-state index is 13.7. The smallest absolute Gasteiger partial charge is 0.173 e. The first-order valence-electron chi connectivity index (χ1n) is 11.5. The van der Waals surface area contributed by atoms with Gasteiger partial charge in [-0.3, -0.25) is 4.90 Å². The van der Waals surface area contributed by atoms with E-state index in [0.29, 0.717) is 6.54 Å². The van der Waals surface area contributed by atoms with Crippen LogP contribution in [0.5, 0.6) is 5.75 Å². The van der Waals surface area contributed by atoms with Crippen molar-refractivity contribution < 1.29 is 13.9 Å². The van der Waals surface area contributed by atoms with Crippen molar-refractivity contribution in [2.75, 3.05) is 44.8 Å². The second kappa shape index (κ2) is 9.84. The Labute approximate surface area is 192 Å². The molecule has 2 atom stereocenters. The van der Waals surface area contributed by atoms with E-state index in [2.05, 4.69) is 37.5 Å². The third-order valence-electron chi connectivity index (χ3n) is 6.51. The van der Waals surface area contributed by atoms with E-state index in [-0.39, 0.29) is 18.0 Å². The fraction of sp³-hybridized carbons (Fsp3) is 0.458. The van der Waals surface area contributed by atoms with Crippen molar-refractivity contribution in [2.24, 2.45) is 0 Å². The Morgan fingerprint density at radius 3 is 2.48 bits per heavy atom. The largest absolute Gasteiger partial charge is 0.497 e. The third kappa shape index (κ3) is 4.84. The van der Waals surface area contributed by atoms with Crippen LogP contribution in [-0.2, 0) is 11.3 Å². The van der Waals surface area contributed by atoms with Crippen molar-refractivity contribution in [3.05, 3.63) is 65.7 Å². The van der Waals surface area contributed by atoms with Crippen molar-refractivity contribution in [3.8, 4) is 5.75 Å². The Kier molecular flexibility index (Phi) is 6.50. The zero-order valence-corrected chi connectivity index (χ0v) is 18.8. The van der Waals surface area contributed by atoms with Crippen LogP contribution in [0.1, 0.15) is 30.3 Å². The van der Waals surface area contributed by atoms with Crippen LogP contribution in [0.2, 0.25) is 0 Å². The second-order valence-corrected chi connectivity index (χ2v) is 8.53. The first-order chi connectivity index (χ1) is 16.2. The number of nitrogens with zero attached hydrogens (tertiary/aromatic N) is 6. The molecule has 0 amide bonds. The number of hydrogen-bond donors (Lipinski definition) is 0. The van der Waals surface area contributed by atoms with Crippen LogP contribution < -0.4 is 9.64 Å². The number of aromatic nitrogens is 4. The van der Waals surface area contributed by atoms with E-state index in [4.69, 9.17) is 9.47 Å². The quantitative estimate of drug-likeness (QED) is 0.546. The minimum absolute atomic E-state index is 0.132. The number of benzene rings is 2. The van der Waals surface area contributed by atoms with Gasteiger partial charge < -0.3 is 14.4 Å². The molecule has 2 fully saturated rings. The summed E-state index contributed by atoms with van der Waals surface area (Å²) in [4.78, 5) is 4.75. The molecule has 2 saturated heterocycles. The molecule has 0 aliphatic carbocycles. The minimum Gasteiger partial charge on any atom is -0.497 e. The highest BCUT2D eigenvalue weighted by atomic mass is 19.1. The SMILES string of the molecule is COc1ccc(N2CCN(C(c3ccc(F)cc3)c3nnnn3CC3CCCO3)CC2)cc1. The van der Waals surface area contributed by atoms with Gasteiger partial charge in [-0.05, 0) is 65.2 Å². The highest BCUT2D eigenvalue weighted by Crippen LogP contribution is 2.30. The van der Waals surface area contributed by atoms with E-state index in [1.54, 1.807) is 7.11 Å². The van der Waals surface area contributed by atoms with E-state index in [0.717, 1.165) is 62.8 Å². The normalized spacial score (nSPS) is 20.2. The molecule has 9 heteroatoms. The number of hydrogen-bond acceptors (Lipinski definition) is 7. The van der Waals surface area contributed by atoms with Crippen molar-refractivity contribution >= 4 is 5.69 Å². The molecule has 5 rings (SSSR count). The molecule has 0 N–H and O–H groups in total. The van der Waals surface area contributed by atoms with E-state index >= 15 is 0 Å². The van der Waals surface area contributed by atoms with Crippen molar-refractivity contribution in [3.63, 3.8) is 0 Å².